The second kappa shape index (κ2) is 7.48. The SMILES string of the molecule is CCCCOC(=O)[C@]1(OCC)CCCN1C(=O)CC. The highest BCUT2D eigenvalue weighted by molar-refractivity contribution is 5.87. The molecular formula is C14H25NO4. The number of carbonyl (C=O) groups excluding carboxylic acids is 2. The number of hydrogen-bond acceptors (Lipinski definition) is 4. The fraction of sp³-hybridized carbons (Fsp3) is 0.857. The molecule has 5 nitrogen and oxygen atoms in total. The van der Waals surface area contributed by atoms with E-state index >= 15 is 0 Å². The molecule has 1 aliphatic heterocycles. The normalized spacial score (nSPS) is 22.6. The van der Waals surface area contributed by atoms with Gasteiger partial charge in [-0.1, -0.05) is 20.3 Å². The van der Waals surface area contributed by atoms with Crippen molar-refractivity contribution in [1.82, 2.24) is 4.90 Å². The number of amides is 1. The lowest BCUT2D eigenvalue weighted by atomic mass is 10.1. The topological polar surface area (TPSA) is 55.8 Å². The number of ether oxygens (including phenoxy) is 2. The Morgan fingerprint density at radius 3 is 2.58 bits per heavy atom. The molecule has 1 saturated heterocycles. The van der Waals surface area contributed by atoms with Gasteiger partial charge in [-0.2, -0.15) is 0 Å². The van der Waals surface area contributed by atoms with Crippen LogP contribution in [0.1, 0.15) is 52.9 Å². The zero-order chi connectivity index (χ0) is 14.3. The average Bonchev–Trinajstić information content (AvgIpc) is 2.83. The van der Waals surface area contributed by atoms with Gasteiger partial charge in [0.05, 0.1) is 6.61 Å². The third-order valence-corrected chi connectivity index (χ3v) is 3.37. The summed E-state index contributed by atoms with van der Waals surface area (Å²) in [6, 6.07) is 0. The number of unbranched alkanes of at least 4 members (excludes halogenated alkanes) is 1. The van der Waals surface area contributed by atoms with Gasteiger partial charge in [-0.25, -0.2) is 4.79 Å². The number of esters is 1. The van der Waals surface area contributed by atoms with Crippen molar-refractivity contribution in [2.75, 3.05) is 19.8 Å². The van der Waals surface area contributed by atoms with E-state index in [4.69, 9.17) is 9.47 Å². The molecule has 0 N–H and O–H groups in total. The average molecular weight is 271 g/mol. The van der Waals surface area contributed by atoms with Gasteiger partial charge in [0, 0.05) is 26.0 Å². The molecule has 1 rings (SSSR count). The van der Waals surface area contributed by atoms with E-state index in [1.54, 1.807) is 11.8 Å². The number of carbonyl (C=O) groups is 2. The molecule has 1 amide bonds. The van der Waals surface area contributed by atoms with Gasteiger partial charge in [0.25, 0.3) is 0 Å². The molecule has 1 fully saturated rings. The lowest BCUT2D eigenvalue weighted by Crippen LogP contribution is -2.55. The van der Waals surface area contributed by atoms with E-state index in [9.17, 15) is 9.59 Å². The van der Waals surface area contributed by atoms with Crippen molar-refractivity contribution in [1.29, 1.82) is 0 Å². The Morgan fingerprint density at radius 1 is 1.26 bits per heavy atom. The molecule has 1 atom stereocenters. The molecule has 0 bridgehead atoms. The van der Waals surface area contributed by atoms with Crippen LogP contribution in [-0.2, 0) is 19.1 Å². The molecular weight excluding hydrogens is 246 g/mol. The highest BCUT2D eigenvalue weighted by atomic mass is 16.6. The first-order valence-electron chi connectivity index (χ1n) is 7.24. The van der Waals surface area contributed by atoms with Crippen molar-refractivity contribution in [2.24, 2.45) is 0 Å². The zero-order valence-corrected chi connectivity index (χ0v) is 12.2. The van der Waals surface area contributed by atoms with Gasteiger partial charge < -0.3 is 14.4 Å². The Labute approximate surface area is 115 Å². The fourth-order valence-corrected chi connectivity index (χ4v) is 2.39. The van der Waals surface area contributed by atoms with Crippen LogP contribution < -0.4 is 0 Å². The molecule has 1 aliphatic rings. The Morgan fingerprint density at radius 2 is 2.00 bits per heavy atom. The minimum Gasteiger partial charge on any atom is -0.462 e. The largest absolute Gasteiger partial charge is 0.462 e. The Bertz CT molecular complexity index is 319. The molecule has 0 radical (unpaired) electrons. The third-order valence-electron chi connectivity index (χ3n) is 3.37. The van der Waals surface area contributed by atoms with Crippen LogP contribution in [0.5, 0.6) is 0 Å². The molecule has 0 aromatic rings. The molecule has 0 unspecified atom stereocenters. The predicted octanol–water partition coefficient (Wildman–Crippen LogP) is 2.09. The maximum atomic E-state index is 12.3. The van der Waals surface area contributed by atoms with Crippen molar-refractivity contribution in [3.05, 3.63) is 0 Å². The maximum Gasteiger partial charge on any atom is 0.360 e. The van der Waals surface area contributed by atoms with Crippen LogP contribution in [-0.4, -0.2) is 42.3 Å². The lowest BCUT2D eigenvalue weighted by molar-refractivity contribution is -0.198. The Balaban J connectivity index is 2.82. The summed E-state index contributed by atoms with van der Waals surface area (Å²) in [4.78, 5) is 25.8. The summed E-state index contributed by atoms with van der Waals surface area (Å²) in [5, 5.41) is 0. The highest BCUT2D eigenvalue weighted by Crippen LogP contribution is 2.32. The minimum absolute atomic E-state index is 0.0570. The smallest absolute Gasteiger partial charge is 0.360 e. The van der Waals surface area contributed by atoms with Crippen LogP contribution in [0.4, 0.5) is 0 Å². The molecule has 0 aliphatic carbocycles. The fourth-order valence-electron chi connectivity index (χ4n) is 2.39. The maximum absolute atomic E-state index is 12.3. The number of hydrogen-bond donors (Lipinski definition) is 0. The summed E-state index contributed by atoms with van der Waals surface area (Å²) >= 11 is 0. The van der Waals surface area contributed by atoms with E-state index in [-0.39, 0.29) is 5.91 Å². The summed E-state index contributed by atoms with van der Waals surface area (Å²) in [5.41, 5.74) is -1.18. The van der Waals surface area contributed by atoms with E-state index in [1.165, 1.54) is 0 Å². The molecule has 19 heavy (non-hydrogen) atoms. The Kier molecular flexibility index (Phi) is 6.28. The molecule has 1 heterocycles. The van der Waals surface area contributed by atoms with Crippen molar-refractivity contribution in [3.8, 4) is 0 Å². The van der Waals surface area contributed by atoms with Crippen LogP contribution in [0, 0.1) is 0 Å². The minimum atomic E-state index is -1.18. The monoisotopic (exact) mass is 271 g/mol. The molecule has 0 aromatic heterocycles. The second-order valence-electron chi connectivity index (χ2n) is 4.71. The lowest BCUT2D eigenvalue weighted by Gasteiger charge is -2.35. The van der Waals surface area contributed by atoms with E-state index < -0.39 is 11.7 Å². The van der Waals surface area contributed by atoms with Crippen molar-refractivity contribution in [3.63, 3.8) is 0 Å². The molecule has 0 aromatic carbocycles. The highest BCUT2D eigenvalue weighted by Gasteiger charge is 2.51. The number of rotatable bonds is 7. The van der Waals surface area contributed by atoms with Crippen LogP contribution in [0.25, 0.3) is 0 Å². The number of likely N-dealkylation sites (tertiary alicyclic amines) is 1. The predicted molar refractivity (Wildman–Crippen MR) is 71.5 cm³/mol. The van der Waals surface area contributed by atoms with Crippen LogP contribution in [0.3, 0.4) is 0 Å². The van der Waals surface area contributed by atoms with Crippen molar-refractivity contribution < 1.29 is 19.1 Å². The van der Waals surface area contributed by atoms with Gasteiger partial charge in [-0.15, -0.1) is 0 Å². The van der Waals surface area contributed by atoms with Gasteiger partial charge in [0.1, 0.15) is 0 Å². The summed E-state index contributed by atoms with van der Waals surface area (Å²) in [5.74, 6) is -0.472. The molecule has 0 spiro atoms. The van der Waals surface area contributed by atoms with Crippen LogP contribution in [0.2, 0.25) is 0 Å². The second-order valence-corrected chi connectivity index (χ2v) is 4.71. The van der Waals surface area contributed by atoms with Gasteiger partial charge in [-0.05, 0) is 19.8 Å². The quantitative estimate of drug-likeness (QED) is 0.525. The standard InChI is InChI=1S/C14H25NO4/c1-4-7-11-18-13(17)14(19-6-3)9-8-10-15(14)12(16)5-2/h4-11H2,1-3H3/t14-/m1/s1. The van der Waals surface area contributed by atoms with Gasteiger partial charge in [-0.3, -0.25) is 4.79 Å². The summed E-state index contributed by atoms with van der Waals surface area (Å²) in [6.07, 6.45) is 3.46. The van der Waals surface area contributed by atoms with E-state index in [0.29, 0.717) is 32.6 Å². The summed E-state index contributed by atoms with van der Waals surface area (Å²) in [6.45, 7) is 6.99. The van der Waals surface area contributed by atoms with Crippen LogP contribution in [0.15, 0.2) is 0 Å². The third kappa shape index (κ3) is 3.47. The first-order valence-corrected chi connectivity index (χ1v) is 7.24. The van der Waals surface area contributed by atoms with Crippen LogP contribution >= 0.6 is 0 Å². The molecule has 5 heteroatoms. The van der Waals surface area contributed by atoms with E-state index in [1.807, 2.05) is 13.8 Å². The first-order chi connectivity index (χ1) is 9.12. The van der Waals surface area contributed by atoms with E-state index in [0.717, 1.165) is 19.3 Å². The summed E-state index contributed by atoms with van der Waals surface area (Å²) < 4.78 is 10.9. The molecule has 110 valence electrons. The van der Waals surface area contributed by atoms with Crippen molar-refractivity contribution in [2.45, 2.75) is 58.6 Å². The van der Waals surface area contributed by atoms with Gasteiger partial charge in [0.2, 0.25) is 11.6 Å². The van der Waals surface area contributed by atoms with Gasteiger partial charge in [0.15, 0.2) is 0 Å². The van der Waals surface area contributed by atoms with Gasteiger partial charge >= 0.3 is 5.97 Å². The Hall–Kier alpha value is -1.10. The summed E-state index contributed by atoms with van der Waals surface area (Å²) in [7, 11) is 0. The van der Waals surface area contributed by atoms with Crippen molar-refractivity contribution >= 4 is 11.9 Å². The number of nitrogens with zero attached hydrogens (tertiary/aromatic N) is 1. The van der Waals surface area contributed by atoms with E-state index in [2.05, 4.69) is 0 Å². The molecule has 0 saturated carbocycles. The zero-order valence-electron chi connectivity index (χ0n) is 12.2. The first kappa shape index (κ1) is 16.0.